The fraction of sp³-hybridized carbons (Fsp3) is 0.444. The summed E-state index contributed by atoms with van der Waals surface area (Å²) in [5.41, 5.74) is 0.996. The molecule has 0 saturated heterocycles. The van der Waals surface area contributed by atoms with Gasteiger partial charge in [-0.2, -0.15) is 0 Å². The van der Waals surface area contributed by atoms with Crippen molar-refractivity contribution in [3.63, 3.8) is 0 Å². The van der Waals surface area contributed by atoms with Gasteiger partial charge in [-0.1, -0.05) is 0 Å². The van der Waals surface area contributed by atoms with Crippen LogP contribution in [0.1, 0.15) is 42.7 Å². The van der Waals surface area contributed by atoms with Crippen LogP contribution in [0.4, 0.5) is 10.5 Å². The van der Waals surface area contributed by atoms with Gasteiger partial charge in [0.2, 0.25) is 0 Å². The second-order valence-electron chi connectivity index (χ2n) is 7.26. The predicted molar refractivity (Wildman–Crippen MR) is 94.7 cm³/mol. The molecular formula is C18H22N2O6. The van der Waals surface area contributed by atoms with E-state index in [0.29, 0.717) is 22.2 Å². The van der Waals surface area contributed by atoms with Crippen molar-refractivity contribution in [1.82, 2.24) is 4.98 Å². The minimum atomic E-state index is -0.674. The molecule has 0 saturated carbocycles. The number of esters is 1. The van der Waals surface area contributed by atoms with Crippen LogP contribution in [-0.2, 0) is 9.47 Å². The molecule has 8 heteroatoms. The van der Waals surface area contributed by atoms with Crippen molar-refractivity contribution in [3.8, 4) is 5.75 Å². The standard InChI is InChI=1S/C18H22N2O6/c1-18(2,3)26-17(24)20-7-9(8-21)14-10-5-11(16(23)25-4)19-15(10)13(22)6-12(14)20/h5-6,9,19,21-22H,7-8H2,1-4H3. The first-order valence-electron chi connectivity index (χ1n) is 8.24. The Hall–Kier alpha value is -2.74. The van der Waals surface area contributed by atoms with E-state index < -0.39 is 17.7 Å². The van der Waals surface area contributed by atoms with Gasteiger partial charge in [0.25, 0.3) is 0 Å². The van der Waals surface area contributed by atoms with Gasteiger partial charge in [0.15, 0.2) is 0 Å². The number of carbonyl (C=O) groups excluding carboxylic acids is 2. The predicted octanol–water partition coefficient (Wildman–Crippen LogP) is 2.49. The molecule has 0 spiro atoms. The summed E-state index contributed by atoms with van der Waals surface area (Å²) in [6.45, 7) is 5.32. The molecule has 0 fully saturated rings. The molecule has 0 aliphatic carbocycles. The number of aromatic hydroxyl groups is 1. The van der Waals surface area contributed by atoms with Crippen LogP contribution in [0.2, 0.25) is 0 Å². The van der Waals surface area contributed by atoms with Crippen molar-refractivity contribution in [2.45, 2.75) is 32.3 Å². The third kappa shape index (κ3) is 2.96. The number of H-pyrrole nitrogens is 1. The molecule has 2 aromatic rings. The number of aromatic nitrogens is 1. The number of ether oxygens (including phenoxy) is 2. The maximum absolute atomic E-state index is 12.6. The number of anilines is 1. The molecule has 3 N–H and O–H groups in total. The number of aromatic amines is 1. The van der Waals surface area contributed by atoms with Gasteiger partial charge in [-0.05, 0) is 32.4 Å². The van der Waals surface area contributed by atoms with E-state index in [1.54, 1.807) is 26.8 Å². The summed E-state index contributed by atoms with van der Waals surface area (Å²) in [5.74, 6) is -1.04. The first kappa shape index (κ1) is 18.1. The molecule has 1 aromatic heterocycles. The smallest absolute Gasteiger partial charge is 0.414 e. The van der Waals surface area contributed by atoms with Gasteiger partial charge in [0, 0.05) is 23.9 Å². The molecule has 1 aliphatic rings. The lowest BCUT2D eigenvalue weighted by atomic mass is 9.98. The summed E-state index contributed by atoms with van der Waals surface area (Å²) in [7, 11) is 1.26. The van der Waals surface area contributed by atoms with Crippen LogP contribution in [0.25, 0.3) is 10.9 Å². The van der Waals surface area contributed by atoms with Crippen molar-refractivity contribution >= 4 is 28.7 Å². The normalized spacial score (nSPS) is 16.7. The molecule has 1 atom stereocenters. The molecule has 140 valence electrons. The van der Waals surface area contributed by atoms with Gasteiger partial charge in [-0.3, -0.25) is 4.90 Å². The van der Waals surface area contributed by atoms with E-state index >= 15 is 0 Å². The third-order valence-corrected chi connectivity index (χ3v) is 4.25. The lowest BCUT2D eigenvalue weighted by Crippen LogP contribution is -2.36. The largest absolute Gasteiger partial charge is 0.506 e. The minimum Gasteiger partial charge on any atom is -0.506 e. The van der Waals surface area contributed by atoms with Gasteiger partial charge < -0.3 is 24.7 Å². The summed E-state index contributed by atoms with van der Waals surface area (Å²) >= 11 is 0. The molecular weight excluding hydrogens is 340 g/mol. The number of phenols is 1. The number of hydrogen-bond acceptors (Lipinski definition) is 6. The van der Waals surface area contributed by atoms with Crippen molar-refractivity contribution < 1.29 is 29.3 Å². The maximum atomic E-state index is 12.6. The Balaban J connectivity index is 2.14. The van der Waals surface area contributed by atoms with E-state index in [4.69, 9.17) is 9.47 Å². The van der Waals surface area contributed by atoms with Crippen LogP contribution >= 0.6 is 0 Å². The highest BCUT2D eigenvalue weighted by Crippen LogP contribution is 2.45. The number of rotatable bonds is 2. The number of aliphatic hydroxyl groups excluding tert-OH is 1. The van der Waals surface area contributed by atoms with Crippen LogP contribution in [0, 0.1) is 0 Å². The van der Waals surface area contributed by atoms with Crippen LogP contribution in [-0.4, -0.2) is 53.1 Å². The van der Waals surface area contributed by atoms with Crippen molar-refractivity contribution in [3.05, 3.63) is 23.4 Å². The fourth-order valence-electron chi connectivity index (χ4n) is 3.21. The Labute approximate surface area is 150 Å². The van der Waals surface area contributed by atoms with Gasteiger partial charge >= 0.3 is 12.1 Å². The number of hydrogen-bond donors (Lipinski definition) is 3. The highest BCUT2D eigenvalue weighted by atomic mass is 16.6. The van der Waals surface area contributed by atoms with Gasteiger partial charge in [0.05, 0.1) is 24.9 Å². The van der Waals surface area contributed by atoms with Crippen LogP contribution in [0.15, 0.2) is 12.1 Å². The number of carbonyl (C=O) groups is 2. The van der Waals surface area contributed by atoms with E-state index in [1.165, 1.54) is 18.1 Å². The minimum absolute atomic E-state index is 0.110. The van der Waals surface area contributed by atoms with Crippen molar-refractivity contribution in [2.75, 3.05) is 25.2 Å². The Morgan fingerprint density at radius 2 is 2.04 bits per heavy atom. The first-order chi connectivity index (χ1) is 12.2. The van der Waals surface area contributed by atoms with E-state index in [2.05, 4.69) is 4.98 Å². The third-order valence-electron chi connectivity index (χ3n) is 4.25. The molecule has 8 nitrogen and oxygen atoms in total. The first-order valence-corrected chi connectivity index (χ1v) is 8.24. The molecule has 3 rings (SSSR count). The van der Waals surface area contributed by atoms with Crippen LogP contribution in [0.5, 0.6) is 5.75 Å². The van der Waals surface area contributed by atoms with Crippen molar-refractivity contribution in [2.24, 2.45) is 0 Å². The van der Waals surface area contributed by atoms with E-state index in [1.807, 2.05) is 0 Å². The molecule has 0 radical (unpaired) electrons. The zero-order chi connectivity index (χ0) is 19.2. The number of methoxy groups -OCH3 is 1. The van der Waals surface area contributed by atoms with Crippen LogP contribution in [0.3, 0.4) is 0 Å². The number of phenolic OH excluding ortho intramolecular Hbond substituents is 1. The quantitative estimate of drug-likeness (QED) is 0.708. The van der Waals surface area contributed by atoms with Crippen molar-refractivity contribution in [1.29, 1.82) is 0 Å². The van der Waals surface area contributed by atoms with Gasteiger partial charge in [0.1, 0.15) is 17.0 Å². The molecule has 26 heavy (non-hydrogen) atoms. The number of benzene rings is 1. The Bertz CT molecular complexity index is 880. The molecule has 1 aromatic carbocycles. The Morgan fingerprint density at radius 1 is 1.35 bits per heavy atom. The number of nitrogens with zero attached hydrogens (tertiary/aromatic N) is 1. The number of nitrogens with one attached hydrogen (secondary N) is 1. The number of aliphatic hydroxyl groups is 1. The topological polar surface area (TPSA) is 112 Å². The lowest BCUT2D eigenvalue weighted by molar-refractivity contribution is 0.0576. The highest BCUT2D eigenvalue weighted by molar-refractivity contribution is 6.04. The average Bonchev–Trinajstić information content (AvgIpc) is 3.14. The second-order valence-corrected chi connectivity index (χ2v) is 7.26. The van der Waals surface area contributed by atoms with E-state index in [-0.39, 0.29) is 30.5 Å². The molecule has 0 bridgehead atoms. The number of fused-ring (bicyclic) bond motifs is 3. The molecule has 2 heterocycles. The van der Waals surface area contributed by atoms with E-state index in [9.17, 15) is 19.8 Å². The summed E-state index contributed by atoms with van der Waals surface area (Å²) in [4.78, 5) is 28.6. The molecule has 1 unspecified atom stereocenters. The monoisotopic (exact) mass is 362 g/mol. The molecule has 1 amide bonds. The SMILES string of the molecule is COC(=O)c1cc2c3c(cc(O)c2[nH]1)N(C(=O)OC(C)(C)C)CC3CO. The Morgan fingerprint density at radius 3 is 2.62 bits per heavy atom. The summed E-state index contributed by atoms with van der Waals surface area (Å²) < 4.78 is 10.1. The van der Waals surface area contributed by atoms with Crippen LogP contribution < -0.4 is 4.90 Å². The highest BCUT2D eigenvalue weighted by Gasteiger charge is 2.37. The summed E-state index contributed by atoms with van der Waals surface area (Å²) in [5, 5.41) is 20.7. The van der Waals surface area contributed by atoms with Gasteiger partial charge in [-0.25, -0.2) is 9.59 Å². The zero-order valence-electron chi connectivity index (χ0n) is 15.1. The lowest BCUT2D eigenvalue weighted by Gasteiger charge is -2.25. The van der Waals surface area contributed by atoms with Gasteiger partial charge in [-0.15, -0.1) is 0 Å². The zero-order valence-corrected chi connectivity index (χ0v) is 15.1. The number of amides is 1. The average molecular weight is 362 g/mol. The van der Waals surface area contributed by atoms with E-state index in [0.717, 1.165) is 0 Å². The molecule has 1 aliphatic heterocycles. The summed E-state index contributed by atoms with van der Waals surface area (Å²) in [6.07, 6.45) is -0.558. The maximum Gasteiger partial charge on any atom is 0.414 e. The fourth-order valence-corrected chi connectivity index (χ4v) is 3.21. The summed E-state index contributed by atoms with van der Waals surface area (Å²) in [6, 6.07) is 3.00. The second kappa shape index (κ2) is 6.21. The Kier molecular flexibility index (Phi) is 4.31.